The molecule has 0 bridgehead atoms. The van der Waals surface area contributed by atoms with Crippen molar-refractivity contribution in [3.8, 4) is 33.4 Å². The molecule has 0 unspecified atom stereocenters. The molecule has 50 heavy (non-hydrogen) atoms. The van der Waals surface area contributed by atoms with Crippen LogP contribution in [0.15, 0.2) is 170 Å². The lowest BCUT2D eigenvalue weighted by atomic mass is 9.84. The highest BCUT2D eigenvalue weighted by Gasteiger charge is 2.20. The molecule has 0 spiro atoms. The molecular formula is C48H28S2. The summed E-state index contributed by atoms with van der Waals surface area (Å²) in [5, 5.41) is 13.1. The smallest absolute Gasteiger partial charge is 0.0449 e. The van der Waals surface area contributed by atoms with Crippen molar-refractivity contribution in [2.45, 2.75) is 0 Å². The summed E-state index contributed by atoms with van der Waals surface area (Å²) < 4.78 is 5.45. The lowest BCUT2D eigenvalue weighted by molar-refractivity contribution is 1.65. The van der Waals surface area contributed by atoms with Gasteiger partial charge >= 0.3 is 0 Å². The summed E-state index contributed by atoms with van der Waals surface area (Å²) in [5.74, 6) is 0. The van der Waals surface area contributed by atoms with Crippen LogP contribution >= 0.6 is 22.7 Å². The second-order valence-corrected chi connectivity index (χ2v) is 15.3. The molecule has 0 aliphatic rings. The Morgan fingerprint density at radius 2 is 0.800 bits per heavy atom. The third-order valence-corrected chi connectivity index (χ3v) is 12.9. The Balaban J connectivity index is 1.16. The van der Waals surface area contributed by atoms with E-state index in [4.69, 9.17) is 0 Å². The van der Waals surface area contributed by atoms with Gasteiger partial charge in [-0.05, 0) is 78.3 Å². The molecule has 2 heteroatoms. The number of hydrogen-bond donors (Lipinski definition) is 0. The summed E-state index contributed by atoms with van der Waals surface area (Å²) >= 11 is 3.84. The molecule has 0 aliphatic heterocycles. The first-order valence-electron chi connectivity index (χ1n) is 17.1. The average molecular weight is 669 g/mol. The molecule has 0 nitrogen and oxygen atoms in total. The first kappa shape index (κ1) is 28.1. The highest BCUT2D eigenvalue weighted by Crippen LogP contribution is 2.49. The number of hydrogen-bond acceptors (Lipinski definition) is 2. The molecule has 2 heterocycles. The fourth-order valence-corrected chi connectivity index (χ4v) is 10.8. The third-order valence-electron chi connectivity index (χ3n) is 10.5. The maximum atomic E-state index is 2.45. The van der Waals surface area contributed by atoms with Crippen molar-refractivity contribution in [1.82, 2.24) is 0 Å². The lowest BCUT2D eigenvalue weighted by Gasteiger charge is -2.19. The van der Waals surface area contributed by atoms with Crippen molar-refractivity contribution in [3.05, 3.63) is 170 Å². The van der Waals surface area contributed by atoms with E-state index < -0.39 is 0 Å². The van der Waals surface area contributed by atoms with E-state index in [1.54, 1.807) is 0 Å². The summed E-state index contributed by atoms with van der Waals surface area (Å²) in [4.78, 5) is 0. The van der Waals surface area contributed by atoms with Crippen LogP contribution in [0.2, 0.25) is 0 Å². The van der Waals surface area contributed by atoms with E-state index in [0.29, 0.717) is 0 Å². The predicted octanol–water partition coefficient (Wildman–Crippen LogP) is 14.9. The van der Waals surface area contributed by atoms with Crippen molar-refractivity contribution >= 4 is 95.3 Å². The van der Waals surface area contributed by atoms with Crippen LogP contribution < -0.4 is 0 Å². The first-order valence-corrected chi connectivity index (χ1v) is 18.7. The van der Waals surface area contributed by atoms with Crippen LogP contribution in [-0.4, -0.2) is 0 Å². The van der Waals surface area contributed by atoms with E-state index in [1.807, 2.05) is 22.7 Å². The molecule has 0 radical (unpaired) electrons. The Bertz CT molecular complexity index is 3080. The van der Waals surface area contributed by atoms with Crippen molar-refractivity contribution in [2.24, 2.45) is 0 Å². The molecule has 11 aromatic rings. The van der Waals surface area contributed by atoms with Crippen LogP contribution in [0.4, 0.5) is 0 Å². The zero-order valence-electron chi connectivity index (χ0n) is 27.0. The van der Waals surface area contributed by atoms with Crippen LogP contribution in [0.25, 0.3) is 106 Å². The van der Waals surface area contributed by atoms with E-state index in [9.17, 15) is 0 Å². The Kier molecular flexibility index (Phi) is 6.09. The van der Waals surface area contributed by atoms with E-state index in [2.05, 4.69) is 170 Å². The molecule has 0 atom stereocenters. The van der Waals surface area contributed by atoms with E-state index in [0.717, 1.165) is 0 Å². The van der Waals surface area contributed by atoms with Crippen molar-refractivity contribution in [3.63, 3.8) is 0 Å². The van der Waals surface area contributed by atoms with Gasteiger partial charge in [0.2, 0.25) is 0 Å². The molecule has 2 aromatic heterocycles. The minimum atomic E-state index is 1.24. The molecular weight excluding hydrogens is 641 g/mol. The SMILES string of the molecule is c1ccc2c(-c3c4ccccc4c(-c4ccc(-c5cc6c7ccccc7sc6c6c5sc5ccccc56)cc4)c4ccccc34)cccc2c1. The minimum absolute atomic E-state index is 1.24. The summed E-state index contributed by atoms with van der Waals surface area (Å²) in [6.07, 6.45) is 0. The van der Waals surface area contributed by atoms with Gasteiger partial charge in [-0.3, -0.25) is 0 Å². The van der Waals surface area contributed by atoms with Crippen LogP contribution in [0.5, 0.6) is 0 Å². The van der Waals surface area contributed by atoms with Gasteiger partial charge in [0, 0.05) is 45.9 Å². The zero-order chi connectivity index (χ0) is 32.8. The topological polar surface area (TPSA) is 0 Å². The predicted molar refractivity (Wildman–Crippen MR) is 221 cm³/mol. The van der Waals surface area contributed by atoms with Gasteiger partial charge in [0.25, 0.3) is 0 Å². The number of fused-ring (bicyclic) bond motifs is 10. The van der Waals surface area contributed by atoms with E-state index in [-0.39, 0.29) is 0 Å². The monoisotopic (exact) mass is 668 g/mol. The van der Waals surface area contributed by atoms with Gasteiger partial charge < -0.3 is 0 Å². The molecule has 0 saturated carbocycles. The van der Waals surface area contributed by atoms with Crippen LogP contribution in [0, 0.1) is 0 Å². The molecule has 0 saturated heterocycles. The fourth-order valence-electron chi connectivity index (χ4n) is 8.27. The summed E-state index contributed by atoms with van der Waals surface area (Å²) in [5.41, 5.74) is 7.67. The lowest BCUT2D eigenvalue weighted by Crippen LogP contribution is -1.91. The number of thiophene rings is 2. The molecule has 0 amide bonds. The van der Waals surface area contributed by atoms with Crippen LogP contribution in [-0.2, 0) is 0 Å². The van der Waals surface area contributed by atoms with Gasteiger partial charge in [0.15, 0.2) is 0 Å². The van der Waals surface area contributed by atoms with E-state index in [1.165, 1.54) is 106 Å². The minimum Gasteiger partial charge on any atom is -0.134 e. The van der Waals surface area contributed by atoms with Crippen LogP contribution in [0.1, 0.15) is 0 Å². The Morgan fingerprint density at radius 1 is 0.300 bits per heavy atom. The maximum Gasteiger partial charge on any atom is 0.0449 e. The first-order chi connectivity index (χ1) is 24.8. The largest absolute Gasteiger partial charge is 0.134 e. The highest BCUT2D eigenvalue weighted by molar-refractivity contribution is 7.30. The van der Waals surface area contributed by atoms with Crippen molar-refractivity contribution in [1.29, 1.82) is 0 Å². The quantitative estimate of drug-likeness (QED) is 0.164. The number of benzene rings is 9. The fraction of sp³-hybridized carbons (Fsp3) is 0. The highest BCUT2D eigenvalue weighted by atomic mass is 32.1. The average Bonchev–Trinajstić information content (AvgIpc) is 3.75. The zero-order valence-corrected chi connectivity index (χ0v) is 28.6. The van der Waals surface area contributed by atoms with Gasteiger partial charge in [-0.2, -0.15) is 0 Å². The molecule has 0 aliphatic carbocycles. The Morgan fingerprint density at radius 3 is 1.50 bits per heavy atom. The van der Waals surface area contributed by atoms with Gasteiger partial charge in [-0.25, -0.2) is 0 Å². The van der Waals surface area contributed by atoms with Gasteiger partial charge in [0.05, 0.1) is 0 Å². The Hall–Kier alpha value is -5.80. The van der Waals surface area contributed by atoms with Gasteiger partial charge in [-0.15, -0.1) is 22.7 Å². The van der Waals surface area contributed by atoms with Crippen molar-refractivity contribution in [2.75, 3.05) is 0 Å². The second-order valence-electron chi connectivity index (χ2n) is 13.1. The standard InChI is InChI=1S/C48H28S2/c1-2-14-32-29(12-1)13-11-21-34(32)45-37-18-5-3-16-35(37)44(36-17-4-6-19-38(36)45)31-26-24-30(25-27-31)40-28-41-33-15-7-9-22-42(33)49-48(41)46-39-20-8-10-23-43(39)50-47(40)46/h1-28H. The van der Waals surface area contributed by atoms with Gasteiger partial charge in [0.1, 0.15) is 0 Å². The normalized spacial score (nSPS) is 12.0. The van der Waals surface area contributed by atoms with Gasteiger partial charge in [-0.1, -0.05) is 152 Å². The molecule has 0 N–H and O–H groups in total. The van der Waals surface area contributed by atoms with Crippen LogP contribution in [0.3, 0.4) is 0 Å². The second kappa shape index (κ2) is 10.9. The summed E-state index contributed by atoms with van der Waals surface area (Å²) in [6, 6.07) is 62.9. The Labute approximate surface area is 297 Å². The summed E-state index contributed by atoms with van der Waals surface area (Å²) in [7, 11) is 0. The molecule has 0 fully saturated rings. The number of rotatable bonds is 3. The maximum absolute atomic E-state index is 2.45. The molecule has 9 aromatic carbocycles. The van der Waals surface area contributed by atoms with Crippen molar-refractivity contribution < 1.29 is 0 Å². The molecule has 11 rings (SSSR count). The molecule has 232 valence electrons. The third kappa shape index (κ3) is 4.04. The van der Waals surface area contributed by atoms with E-state index >= 15 is 0 Å². The summed E-state index contributed by atoms with van der Waals surface area (Å²) in [6.45, 7) is 0.